The smallest absolute Gasteiger partial charge is 0.00772 e. The fraction of sp³-hybridized carbons (Fsp3) is 0.571. The van der Waals surface area contributed by atoms with E-state index >= 15 is 0 Å². The predicted molar refractivity (Wildman–Crippen MR) is 77.9 cm³/mol. The van der Waals surface area contributed by atoms with Crippen LogP contribution >= 0.6 is 0 Å². The Balaban J connectivity index is 0.000000135. The summed E-state index contributed by atoms with van der Waals surface area (Å²) in [6, 6.07) is 12.0. The SMILES string of the molecule is C1CNCCN1.C1CNCCN1.c1ccccc1. The van der Waals surface area contributed by atoms with Crippen LogP contribution in [0, 0.1) is 0 Å². The molecule has 3 rings (SSSR count). The Morgan fingerprint density at radius 3 is 0.611 bits per heavy atom. The fourth-order valence-electron chi connectivity index (χ4n) is 1.59. The van der Waals surface area contributed by atoms with Gasteiger partial charge in [-0.15, -0.1) is 0 Å². The van der Waals surface area contributed by atoms with E-state index in [9.17, 15) is 0 Å². The van der Waals surface area contributed by atoms with Crippen LogP contribution in [0.25, 0.3) is 0 Å². The molecule has 0 amide bonds. The summed E-state index contributed by atoms with van der Waals surface area (Å²) in [6.45, 7) is 9.11. The van der Waals surface area contributed by atoms with E-state index in [1.54, 1.807) is 0 Å². The summed E-state index contributed by atoms with van der Waals surface area (Å²) < 4.78 is 0. The normalized spacial score (nSPS) is 18.7. The lowest BCUT2D eigenvalue weighted by molar-refractivity contribution is 0.534. The molecule has 2 aliphatic heterocycles. The Morgan fingerprint density at radius 2 is 0.500 bits per heavy atom. The van der Waals surface area contributed by atoms with Gasteiger partial charge in [-0.3, -0.25) is 0 Å². The molecule has 2 heterocycles. The molecule has 0 saturated carbocycles. The van der Waals surface area contributed by atoms with Crippen molar-refractivity contribution < 1.29 is 0 Å². The van der Waals surface area contributed by atoms with Crippen LogP contribution in [-0.4, -0.2) is 52.4 Å². The van der Waals surface area contributed by atoms with Gasteiger partial charge in [0.25, 0.3) is 0 Å². The van der Waals surface area contributed by atoms with Crippen molar-refractivity contribution in [1.29, 1.82) is 0 Å². The van der Waals surface area contributed by atoms with Gasteiger partial charge in [-0.2, -0.15) is 0 Å². The lowest BCUT2D eigenvalue weighted by Gasteiger charge is -2.11. The first-order valence-corrected chi connectivity index (χ1v) is 6.83. The number of nitrogens with one attached hydrogen (secondary N) is 4. The van der Waals surface area contributed by atoms with Gasteiger partial charge in [-0.25, -0.2) is 0 Å². The zero-order chi connectivity index (χ0) is 12.7. The summed E-state index contributed by atoms with van der Waals surface area (Å²) >= 11 is 0. The van der Waals surface area contributed by atoms with Gasteiger partial charge >= 0.3 is 0 Å². The summed E-state index contributed by atoms with van der Waals surface area (Å²) in [5.41, 5.74) is 0. The van der Waals surface area contributed by atoms with Crippen molar-refractivity contribution in [2.24, 2.45) is 0 Å². The van der Waals surface area contributed by atoms with E-state index in [1.807, 2.05) is 36.4 Å². The van der Waals surface area contributed by atoms with Crippen LogP contribution in [0.4, 0.5) is 0 Å². The maximum Gasteiger partial charge on any atom is 0.00772 e. The summed E-state index contributed by atoms with van der Waals surface area (Å²) in [6.07, 6.45) is 0. The molecule has 2 saturated heterocycles. The van der Waals surface area contributed by atoms with Gasteiger partial charge in [0.15, 0.2) is 0 Å². The van der Waals surface area contributed by atoms with Crippen LogP contribution in [0.3, 0.4) is 0 Å². The lowest BCUT2D eigenvalue weighted by atomic mass is 10.4. The molecule has 0 aliphatic carbocycles. The Kier molecular flexibility index (Phi) is 10.5. The molecule has 0 atom stereocenters. The highest BCUT2D eigenvalue weighted by Gasteiger charge is 1.92. The van der Waals surface area contributed by atoms with Gasteiger partial charge in [0.05, 0.1) is 0 Å². The van der Waals surface area contributed by atoms with Crippen LogP contribution in [0.5, 0.6) is 0 Å². The van der Waals surface area contributed by atoms with E-state index < -0.39 is 0 Å². The second-order valence-electron chi connectivity index (χ2n) is 4.15. The Morgan fingerprint density at radius 1 is 0.333 bits per heavy atom. The molecule has 1 aromatic carbocycles. The van der Waals surface area contributed by atoms with Gasteiger partial charge in [0.1, 0.15) is 0 Å². The highest BCUT2D eigenvalue weighted by molar-refractivity contribution is 4.99. The Bertz CT molecular complexity index is 184. The minimum atomic E-state index is 1.14. The van der Waals surface area contributed by atoms with Crippen LogP contribution in [0.2, 0.25) is 0 Å². The van der Waals surface area contributed by atoms with Crippen molar-refractivity contribution in [3.63, 3.8) is 0 Å². The largest absolute Gasteiger partial charge is 0.314 e. The van der Waals surface area contributed by atoms with Crippen LogP contribution in [0.15, 0.2) is 36.4 Å². The van der Waals surface area contributed by atoms with E-state index in [2.05, 4.69) is 21.3 Å². The number of hydrogen-bond acceptors (Lipinski definition) is 4. The van der Waals surface area contributed by atoms with E-state index in [1.165, 1.54) is 0 Å². The van der Waals surface area contributed by atoms with E-state index in [0.29, 0.717) is 0 Å². The van der Waals surface area contributed by atoms with E-state index in [0.717, 1.165) is 52.4 Å². The van der Waals surface area contributed by atoms with Crippen molar-refractivity contribution in [3.8, 4) is 0 Å². The average Bonchev–Trinajstić information content (AvgIpc) is 2.54. The van der Waals surface area contributed by atoms with Crippen molar-refractivity contribution in [3.05, 3.63) is 36.4 Å². The van der Waals surface area contributed by atoms with Crippen LogP contribution < -0.4 is 21.3 Å². The first-order chi connectivity index (χ1) is 9.00. The third kappa shape index (κ3) is 10.2. The topological polar surface area (TPSA) is 48.1 Å². The molecule has 0 unspecified atom stereocenters. The van der Waals surface area contributed by atoms with Crippen LogP contribution in [-0.2, 0) is 0 Å². The molecule has 0 spiro atoms. The van der Waals surface area contributed by atoms with Gasteiger partial charge in [0.2, 0.25) is 0 Å². The maximum atomic E-state index is 3.22. The van der Waals surface area contributed by atoms with Crippen molar-refractivity contribution in [1.82, 2.24) is 21.3 Å². The number of benzene rings is 1. The Hall–Kier alpha value is -0.940. The molecule has 0 bridgehead atoms. The second kappa shape index (κ2) is 12.5. The molecule has 18 heavy (non-hydrogen) atoms. The Labute approximate surface area is 111 Å². The minimum absolute atomic E-state index is 1.14. The molecule has 1 aromatic rings. The maximum absolute atomic E-state index is 3.22. The number of hydrogen-bond donors (Lipinski definition) is 4. The van der Waals surface area contributed by atoms with Crippen molar-refractivity contribution in [2.75, 3.05) is 52.4 Å². The molecule has 0 radical (unpaired) electrons. The molecular weight excluding hydrogens is 224 g/mol. The summed E-state index contributed by atoms with van der Waals surface area (Å²) in [7, 11) is 0. The molecule has 2 fully saturated rings. The first-order valence-electron chi connectivity index (χ1n) is 6.83. The van der Waals surface area contributed by atoms with Crippen molar-refractivity contribution >= 4 is 0 Å². The van der Waals surface area contributed by atoms with Gasteiger partial charge < -0.3 is 21.3 Å². The fourth-order valence-corrected chi connectivity index (χ4v) is 1.59. The highest BCUT2D eigenvalue weighted by Crippen LogP contribution is 1.79. The highest BCUT2D eigenvalue weighted by atomic mass is 15.0. The lowest BCUT2D eigenvalue weighted by Crippen LogP contribution is -2.39. The molecule has 0 aromatic heterocycles. The number of rotatable bonds is 0. The third-order valence-electron chi connectivity index (χ3n) is 2.58. The zero-order valence-corrected chi connectivity index (χ0v) is 11.1. The average molecular weight is 250 g/mol. The van der Waals surface area contributed by atoms with E-state index in [-0.39, 0.29) is 0 Å². The van der Waals surface area contributed by atoms with Gasteiger partial charge in [-0.05, 0) is 0 Å². The minimum Gasteiger partial charge on any atom is -0.314 e. The summed E-state index contributed by atoms with van der Waals surface area (Å²) in [5.74, 6) is 0. The quantitative estimate of drug-likeness (QED) is 0.525. The molecule has 4 N–H and O–H groups in total. The van der Waals surface area contributed by atoms with Gasteiger partial charge in [0, 0.05) is 52.4 Å². The van der Waals surface area contributed by atoms with Gasteiger partial charge in [-0.1, -0.05) is 36.4 Å². The predicted octanol–water partition coefficient (Wildman–Crippen LogP) is 0.0450. The monoisotopic (exact) mass is 250 g/mol. The van der Waals surface area contributed by atoms with E-state index in [4.69, 9.17) is 0 Å². The number of piperazine rings is 2. The molecule has 4 nitrogen and oxygen atoms in total. The first kappa shape index (κ1) is 15.1. The molecule has 2 aliphatic rings. The third-order valence-corrected chi connectivity index (χ3v) is 2.58. The van der Waals surface area contributed by atoms with Crippen molar-refractivity contribution in [2.45, 2.75) is 0 Å². The summed E-state index contributed by atoms with van der Waals surface area (Å²) in [5, 5.41) is 12.9. The second-order valence-corrected chi connectivity index (χ2v) is 4.15. The standard InChI is InChI=1S/C6H6.2C4H10N2/c1-2-4-6-5-3-1;2*1-2-6-4-3-5-1/h1-6H;2*5-6H,1-4H2. The summed E-state index contributed by atoms with van der Waals surface area (Å²) in [4.78, 5) is 0. The van der Waals surface area contributed by atoms with Crippen LogP contribution in [0.1, 0.15) is 0 Å². The zero-order valence-electron chi connectivity index (χ0n) is 11.1. The molecule has 4 heteroatoms. The molecule has 102 valence electrons. The molecular formula is C14H26N4.